The summed E-state index contributed by atoms with van der Waals surface area (Å²) in [5, 5.41) is 9.56. The van der Waals surface area contributed by atoms with Crippen LogP contribution in [0.5, 0.6) is 11.5 Å². The van der Waals surface area contributed by atoms with E-state index in [-0.39, 0.29) is 16.8 Å². The average molecular weight is 254 g/mol. The lowest BCUT2D eigenvalue weighted by Gasteiger charge is -2.05. The highest BCUT2D eigenvalue weighted by molar-refractivity contribution is 6.55. The fraction of sp³-hybridized carbons (Fsp3) is 0.111. The van der Waals surface area contributed by atoms with Crippen molar-refractivity contribution < 1.29 is 9.84 Å². The first-order chi connectivity index (χ1) is 6.59. The van der Waals surface area contributed by atoms with Crippen LogP contribution in [-0.2, 0) is 0 Å². The van der Waals surface area contributed by atoms with Crippen LogP contribution in [-0.4, -0.2) is 11.7 Å². The van der Waals surface area contributed by atoms with Gasteiger partial charge in [-0.3, -0.25) is 0 Å². The van der Waals surface area contributed by atoms with Crippen LogP contribution < -0.4 is 4.74 Å². The number of aromatic hydroxyl groups is 1. The first kappa shape index (κ1) is 11.5. The zero-order chi connectivity index (χ0) is 10.6. The summed E-state index contributed by atoms with van der Waals surface area (Å²) in [7, 11) is 0. The number of halogens is 3. The molecule has 0 heterocycles. The second-order valence-electron chi connectivity index (χ2n) is 2.42. The van der Waals surface area contributed by atoms with E-state index in [0.717, 1.165) is 0 Å². The zero-order valence-electron chi connectivity index (χ0n) is 7.01. The summed E-state index contributed by atoms with van der Waals surface area (Å²) in [5.41, 5.74) is 0. The topological polar surface area (TPSA) is 29.5 Å². The predicted octanol–water partition coefficient (Wildman–Crippen LogP) is 3.74. The molecule has 0 radical (unpaired) electrons. The Bertz CT molecular complexity index is 346. The van der Waals surface area contributed by atoms with Crippen LogP contribution in [0, 0.1) is 0 Å². The number of phenols is 1. The maximum Gasteiger partial charge on any atom is 0.142 e. The number of benzene rings is 1. The second kappa shape index (κ2) is 5.35. The maximum absolute atomic E-state index is 9.14. The third-order valence-electron chi connectivity index (χ3n) is 1.39. The summed E-state index contributed by atoms with van der Waals surface area (Å²) in [6, 6.07) is 4.43. The van der Waals surface area contributed by atoms with Gasteiger partial charge in [0, 0.05) is 6.07 Å². The molecule has 0 aliphatic heterocycles. The molecule has 0 aliphatic carbocycles. The molecular formula is C9H7Cl3O2. The van der Waals surface area contributed by atoms with Crippen LogP contribution in [0.25, 0.3) is 0 Å². The molecule has 5 heteroatoms. The van der Waals surface area contributed by atoms with Gasteiger partial charge in [-0.15, -0.1) is 0 Å². The molecule has 1 rings (SSSR count). The number of rotatable bonds is 3. The Morgan fingerprint density at radius 1 is 1.43 bits per heavy atom. The Labute approximate surface area is 96.7 Å². The Morgan fingerprint density at radius 2 is 2.14 bits per heavy atom. The standard InChI is InChI=1S/C9H7Cl3O2/c10-7-2-1-6(13)5-8(7)14-4-3-9(11)12/h1-3,5,13H,4H2. The lowest BCUT2D eigenvalue weighted by atomic mass is 10.3. The first-order valence-electron chi connectivity index (χ1n) is 3.72. The van der Waals surface area contributed by atoms with Crippen molar-refractivity contribution in [2.75, 3.05) is 6.61 Å². The number of ether oxygens (including phenoxy) is 1. The SMILES string of the molecule is Oc1ccc(Cl)c(OCC=C(Cl)Cl)c1. The quantitative estimate of drug-likeness (QED) is 0.889. The molecule has 0 fully saturated rings. The van der Waals surface area contributed by atoms with Gasteiger partial charge < -0.3 is 9.84 Å². The van der Waals surface area contributed by atoms with E-state index in [9.17, 15) is 0 Å². The van der Waals surface area contributed by atoms with Gasteiger partial charge in [0.1, 0.15) is 22.6 Å². The van der Waals surface area contributed by atoms with Gasteiger partial charge in [0.2, 0.25) is 0 Å². The van der Waals surface area contributed by atoms with E-state index in [1.54, 1.807) is 0 Å². The van der Waals surface area contributed by atoms with Gasteiger partial charge in [-0.25, -0.2) is 0 Å². The van der Waals surface area contributed by atoms with Gasteiger partial charge in [0.15, 0.2) is 0 Å². The Morgan fingerprint density at radius 3 is 2.79 bits per heavy atom. The molecule has 0 amide bonds. The molecule has 1 aromatic carbocycles. The molecule has 0 saturated carbocycles. The van der Waals surface area contributed by atoms with Gasteiger partial charge in [-0.1, -0.05) is 34.8 Å². The molecule has 1 N–H and O–H groups in total. The van der Waals surface area contributed by atoms with E-state index < -0.39 is 0 Å². The number of phenolic OH excluding ortho intramolecular Hbond substituents is 1. The van der Waals surface area contributed by atoms with Crippen molar-refractivity contribution in [3.63, 3.8) is 0 Å². The van der Waals surface area contributed by atoms with Gasteiger partial charge in [0.25, 0.3) is 0 Å². The molecule has 1 aromatic rings. The second-order valence-corrected chi connectivity index (χ2v) is 3.83. The number of hydrogen-bond donors (Lipinski definition) is 1. The van der Waals surface area contributed by atoms with Crippen molar-refractivity contribution in [2.24, 2.45) is 0 Å². The Balaban J connectivity index is 2.67. The highest BCUT2D eigenvalue weighted by atomic mass is 35.5. The molecule has 0 unspecified atom stereocenters. The van der Waals surface area contributed by atoms with Crippen LogP contribution in [0.3, 0.4) is 0 Å². The summed E-state index contributed by atoms with van der Waals surface area (Å²) in [5.74, 6) is 0.475. The molecule has 14 heavy (non-hydrogen) atoms. The largest absolute Gasteiger partial charge is 0.508 e. The van der Waals surface area contributed by atoms with Gasteiger partial charge in [-0.05, 0) is 18.2 Å². The Hall–Kier alpha value is -0.570. The minimum Gasteiger partial charge on any atom is -0.508 e. The average Bonchev–Trinajstić information content (AvgIpc) is 2.10. The monoisotopic (exact) mass is 252 g/mol. The van der Waals surface area contributed by atoms with Gasteiger partial charge in [0.05, 0.1) is 5.02 Å². The molecule has 0 aliphatic rings. The van der Waals surface area contributed by atoms with Crippen LogP contribution in [0.2, 0.25) is 5.02 Å². The van der Waals surface area contributed by atoms with Gasteiger partial charge >= 0.3 is 0 Å². The lowest BCUT2D eigenvalue weighted by molar-refractivity contribution is 0.359. The van der Waals surface area contributed by atoms with Crippen LogP contribution in [0.4, 0.5) is 0 Å². The minimum atomic E-state index is 0.0883. The van der Waals surface area contributed by atoms with E-state index in [2.05, 4.69) is 0 Å². The molecule has 2 nitrogen and oxygen atoms in total. The summed E-state index contributed by atoms with van der Waals surface area (Å²) in [6.07, 6.45) is 1.48. The van der Waals surface area contributed by atoms with Crippen molar-refractivity contribution in [2.45, 2.75) is 0 Å². The third-order valence-corrected chi connectivity index (χ3v) is 2.01. The van der Waals surface area contributed by atoms with Crippen molar-refractivity contribution in [3.05, 3.63) is 33.8 Å². The smallest absolute Gasteiger partial charge is 0.142 e. The van der Waals surface area contributed by atoms with E-state index >= 15 is 0 Å². The summed E-state index contributed by atoms with van der Waals surface area (Å²) in [4.78, 5) is 0. The van der Waals surface area contributed by atoms with Crippen LogP contribution >= 0.6 is 34.8 Å². The van der Waals surface area contributed by atoms with Crippen molar-refractivity contribution in [1.82, 2.24) is 0 Å². The van der Waals surface area contributed by atoms with E-state index in [0.29, 0.717) is 10.8 Å². The van der Waals surface area contributed by atoms with E-state index in [1.807, 2.05) is 0 Å². The minimum absolute atomic E-state index is 0.0883. The summed E-state index contributed by atoms with van der Waals surface area (Å²) < 4.78 is 5.32. The van der Waals surface area contributed by atoms with Crippen LogP contribution in [0.15, 0.2) is 28.8 Å². The van der Waals surface area contributed by atoms with E-state index in [1.165, 1.54) is 24.3 Å². The molecule has 0 aromatic heterocycles. The number of hydrogen-bond acceptors (Lipinski definition) is 2. The third kappa shape index (κ3) is 3.66. The molecule has 0 bridgehead atoms. The van der Waals surface area contributed by atoms with Gasteiger partial charge in [-0.2, -0.15) is 0 Å². The fourth-order valence-electron chi connectivity index (χ4n) is 0.797. The molecular weight excluding hydrogens is 246 g/mol. The van der Waals surface area contributed by atoms with Crippen molar-refractivity contribution in [1.29, 1.82) is 0 Å². The predicted molar refractivity (Wildman–Crippen MR) is 58.4 cm³/mol. The normalized spacial score (nSPS) is 9.64. The summed E-state index contributed by atoms with van der Waals surface area (Å²) >= 11 is 16.5. The van der Waals surface area contributed by atoms with Crippen LogP contribution in [0.1, 0.15) is 0 Å². The maximum atomic E-state index is 9.14. The van der Waals surface area contributed by atoms with Crippen molar-refractivity contribution in [3.8, 4) is 11.5 Å². The molecule has 0 saturated heterocycles. The zero-order valence-corrected chi connectivity index (χ0v) is 9.27. The van der Waals surface area contributed by atoms with Crippen molar-refractivity contribution >= 4 is 34.8 Å². The Kier molecular flexibility index (Phi) is 4.39. The molecule has 76 valence electrons. The summed E-state index contributed by atoms with van der Waals surface area (Å²) in [6.45, 7) is 0.200. The molecule has 0 atom stereocenters. The molecule has 0 spiro atoms. The van der Waals surface area contributed by atoms with E-state index in [4.69, 9.17) is 44.6 Å². The fourth-order valence-corrected chi connectivity index (χ4v) is 1.10. The highest BCUT2D eigenvalue weighted by Crippen LogP contribution is 2.28. The highest BCUT2D eigenvalue weighted by Gasteiger charge is 2.01. The first-order valence-corrected chi connectivity index (χ1v) is 4.85. The lowest BCUT2D eigenvalue weighted by Crippen LogP contribution is -1.93.